The number of aromatic nitrogens is 2. The molecular formula is C11H14N2OS2. The number of thiophene rings is 1. The van der Waals surface area contributed by atoms with Crippen LogP contribution in [0.25, 0.3) is 10.2 Å². The van der Waals surface area contributed by atoms with Crippen LogP contribution < -0.4 is 5.56 Å². The molecule has 5 heteroatoms. The summed E-state index contributed by atoms with van der Waals surface area (Å²) in [4.78, 5) is 17.4. The van der Waals surface area contributed by atoms with Crippen LogP contribution in [0.5, 0.6) is 0 Å². The van der Waals surface area contributed by atoms with Crippen molar-refractivity contribution in [1.82, 2.24) is 9.55 Å². The maximum atomic E-state index is 12.0. The van der Waals surface area contributed by atoms with Crippen molar-refractivity contribution in [3.05, 3.63) is 21.8 Å². The molecule has 0 bridgehead atoms. The smallest absolute Gasteiger partial charge is 0.262 e. The quantitative estimate of drug-likeness (QED) is 0.624. The molecule has 0 saturated carbocycles. The summed E-state index contributed by atoms with van der Waals surface area (Å²) in [5.41, 5.74) is 0.0528. The zero-order chi connectivity index (χ0) is 11.7. The van der Waals surface area contributed by atoms with Gasteiger partial charge in [-0.05, 0) is 17.9 Å². The number of nitrogens with zero attached hydrogens (tertiary/aromatic N) is 2. The molecule has 0 spiro atoms. The molecule has 2 aromatic rings. The Labute approximate surface area is 103 Å². The van der Waals surface area contributed by atoms with Crippen molar-refractivity contribution < 1.29 is 0 Å². The van der Waals surface area contributed by atoms with Crippen LogP contribution in [0, 0.1) is 0 Å². The van der Waals surface area contributed by atoms with E-state index in [1.165, 1.54) is 11.3 Å². The molecule has 1 atom stereocenters. The fourth-order valence-electron chi connectivity index (χ4n) is 1.35. The minimum atomic E-state index is 0.0528. The van der Waals surface area contributed by atoms with E-state index in [-0.39, 0.29) is 5.56 Å². The van der Waals surface area contributed by atoms with Gasteiger partial charge in [-0.25, -0.2) is 4.98 Å². The average molecular weight is 254 g/mol. The van der Waals surface area contributed by atoms with E-state index in [1.54, 1.807) is 23.4 Å². The maximum absolute atomic E-state index is 12.0. The predicted molar refractivity (Wildman–Crippen MR) is 70.5 cm³/mol. The van der Waals surface area contributed by atoms with E-state index < -0.39 is 0 Å². The van der Waals surface area contributed by atoms with Crippen LogP contribution in [0.15, 0.2) is 21.4 Å². The monoisotopic (exact) mass is 254 g/mol. The highest BCUT2D eigenvalue weighted by Gasteiger charge is 2.11. The van der Waals surface area contributed by atoms with Gasteiger partial charge in [0.2, 0.25) is 0 Å². The van der Waals surface area contributed by atoms with Crippen molar-refractivity contribution >= 4 is 33.3 Å². The summed E-state index contributed by atoms with van der Waals surface area (Å²) < 4.78 is 1.64. The largest absolute Gasteiger partial charge is 0.290 e. The first-order valence-corrected chi connectivity index (χ1v) is 7.00. The number of thioether (sulfide) groups is 1. The van der Waals surface area contributed by atoms with Crippen LogP contribution in [0.3, 0.4) is 0 Å². The summed E-state index contributed by atoms with van der Waals surface area (Å²) in [6.07, 6.45) is 1.07. The lowest BCUT2D eigenvalue weighted by atomic mass is 10.4. The molecule has 0 aliphatic carbocycles. The molecule has 0 fully saturated rings. The van der Waals surface area contributed by atoms with Crippen LogP contribution in [-0.2, 0) is 7.05 Å². The average Bonchev–Trinajstić information content (AvgIpc) is 2.73. The van der Waals surface area contributed by atoms with Crippen molar-refractivity contribution in [2.75, 3.05) is 0 Å². The third-order valence-electron chi connectivity index (χ3n) is 2.55. The second kappa shape index (κ2) is 4.59. The number of hydrogen-bond donors (Lipinski definition) is 0. The minimum Gasteiger partial charge on any atom is -0.290 e. The summed E-state index contributed by atoms with van der Waals surface area (Å²) in [6.45, 7) is 4.29. The van der Waals surface area contributed by atoms with Crippen LogP contribution in [0.2, 0.25) is 0 Å². The van der Waals surface area contributed by atoms with Crippen molar-refractivity contribution in [3.63, 3.8) is 0 Å². The highest BCUT2D eigenvalue weighted by Crippen LogP contribution is 2.24. The highest BCUT2D eigenvalue weighted by atomic mass is 32.2. The predicted octanol–water partition coefficient (Wildman–Crippen LogP) is 2.89. The van der Waals surface area contributed by atoms with E-state index in [2.05, 4.69) is 18.8 Å². The van der Waals surface area contributed by atoms with Gasteiger partial charge in [0.05, 0.1) is 5.39 Å². The lowest BCUT2D eigenvalue weighted by molar-refractivity contribution is 0.723. The van der Waals surface area contributed by atoms with Gasteiger partial charge in [-0.1, -0.05) is 25.6 Å². The Kier molecular flexibility index (Phi) is 3.35. The Bertz CT molecular complexity index is 559. The van der Waals surface area contributed by atoms with Crippen LogP contribution >= 0.6 is 23.1 Å². The lowest BCUT2D eigenvalue weighted by Crippen LogP contribution is -2.19. The molecule has 1 unspecified atom stereocenters. The van der Waals surface area contributed by atoms with Crippen molar-refractivity contribution in [1.29, 1.82) is 0 Å². The normalized spacial score (nSPS) is 13.2. The molecule has 0 N–H and O–H groups in total. The van der Waals surface area contributed by atoms with Crippen LogP contribution in [0.1, 0.15) is 20.3 Å². The Morgan fingerprint density at radius 1 is 1.62 bits per heavy atom. The summed E-state index contributed by atoms with van der Waals surface area (Å²) in [5.74, 6) is 0. The van der Waals surface area contributed by atoms with Gasteiger partial charge in [0.25, 0.3) is 5.56 Å². The third kappa shape index (κ3) is 2.01. The zero-order valence-corrected chi connectivity index (χ0v) is 11.2. The first kappa shape index (κ1) is 11.7. The molecule has 0 saturated heterocycles. The van der Waals surface area contributed by atoms with Crippen LogP contribution in [-0.4, -0.2) is 14.8 Å². The highest BCUT2D eigenvalue weighted by molar-refractivity contribution is 7.99. The van der Waals surface area contributed by atoms with Gasteiger partial charge in [-0.15, -0.1) is 11.3 Å². The van der Waals surface area contributed by atoms with E-state index in [0.29, 0.717) is 5.25 Å². The van der Waals surface area contributed by atoms with Gasteiger partial charge in [0, 0.05) is 12.3 Å². The molecule has 2 heterocycles. The summed E-state index contributed by atoms with van der Waals surface area (Å²) in [7, 11) is 1.79. The van der Waals surface area contributed by atoms with Crippen molar-refractivity contribution in [2.45, 2.75) is 30.7 Å². The lowest BCUT2D eigenvalue weighted by Gasteiger charge is -2.10. The van der Waals surface area contributed by atoms with Gasteiger partial charge in [0.1, 0.15) is 4.83 Å². The molecule has 0 radical (unpaired) electrons. The van der Waals surface area contributed by atoms with Gasteiger partial charge in [-0.3, -0.25) is 9.36 Å². The van der Waals surface area contributed by atoms with Crippen molar-refractivity contribution in [3.8, 4) is 0 Å². The molecule has 86 valence electrons. The topological polar surface area (TPSA) is 34.9 Å². The summed E-state index contributed by atoms with van der Waals surface area (Å²) in [5, 5.41) is 3.93. The standard InChI is InChI=1S/C11H14N2OS2/c1-4-7(2)16-11-12-9-8(5-6-15-9)10(14)13(11)3/h5-7H,4H2,1-3H3. The molecule has 0 aliphatic heterocycles. The summed E-state index contributed by atoms with van der Waals surface area (Å²) >= 11 is 3.18. The fraction of sp³-hybridized carbons (Fsp3) is 0.455. The van der Waals surface area contributed by atoms with E-state index in [1.807, 2.05) is 11.4 Å². The number of hydrogen-bond acceptors (Lipinski definition) is 4. The Morgan fingerprint density at radius 2 is 2.38 bits per heavy atom. The second-order valence-corrected chi connectivity index (χ2v) is 6.03. The minimum absolute atomic E-state index is 0.0528. The molecule has 2 aromatic heterocycles. The maximum Gasteiger partial charge on any atom is 0.262 e. The Balaban J connectivity index is 2.53. The molecule has 16 heavy (non-hydrogen) atoms. The molecule has 0 aliphatic rings. The van der Waals surface area contributed by atoms with Crippen molar-refractivity contribution in [2.24, 2.45) is 7.05 Å². The third-order valence-corrected chi connectivity index (χ3v) is 4.66. The van der Waals surface area contributed by atoms with Gasteiger partial charge in [-0.2, -0.15) is 0 Å². The summed E-state index contributed by atoms with van der Waals surface area (Å²) in [6, 6.07) is 1.84. The van der Waals surface area contributed by atoms with E-state index in [9.17, 15) is 4.79 Å². The van der Waals surface area contributed by atoms with Gasteiger partial charge >= 0.3 is 0 Å². The molecule has 0 amide bonds. The number of fused-ring (bicyclic) bond motifs is 1. The fourth-order valence-corrected chi connectivity index (χ4v) is 3.07. The number of rotatable bonds is 3. The second-order valence-electron chi connectivity index (χ2n) is 3.73. The van der Waals surface area contributed by atoms with E-state index in [0.717, 1.165) is 21.8 Å². The Hall–Kier alpha value is -0.810. The molecular weight excluding hydrogens is 240 g/mol. The van der Waals surface area contributed by atoms with E-state index in [4.69, 9.17) is 0 Å². The van der Waals surface area contributed by atoms with Gasteiger partial charge < -0.3 is 0 Å². The zero-order valence-electron chi connectivity index (χ0n) is 9.56. The Morgan fingerprint density at radius 3 is 3.06 bits per heavy atom. The first-order chi connectivity index (χ1) is 7.63. The van der Waals surface area contributed by atoms with E-state index >= 15 is 0 Å². The van der Waals surface area contributed by atoms with Crippen LogP contribution in [0.4, 0.5) is 0 Å². The molecule has 3 nitrogen and oxygen atoms in total. The van der Waals surface area contributed by atoms with Gasteiger partial charge in [0.15, 0.2) is 5.16 Å². The SMILES string of the molecule is CCC(C)Sc1nc2sccc2c(=O)n1C. The molecule has 2 rings (SSSR count). The first-order valence-electron chi connectivity index (χ1n) is 5.24. The molecule has 0 aromatic carbocycles.